The van der Waals surface area contributed by atoms with Crippen molar-refractivity contribution in [1.82, 2.24) is 20.2 Å². The second-order valence-corrected chi connectivity index (χ2v) is 5.78. The predicted molar refractivity (Wildman–Crippen MR) is 103 cm³/mol. The van der Waals surface area contributed by atoms with Crippen molar-refractivity contribution in [3.05, 3.63) is 66.0 Å². The van der Waals surface area contributed by atoms with E-state index < -0.39 is 0 Å². The van der Waals surface area contributed by atoms with Crippen molar-refractivity contribution in [1.29, 1.82) is 0 Å². The van der Waals surface area contributed by atoms with Gasteiger partial charge >= 0.3 is 0 Å². The number of H-pyrrole nitrogens is 1. The van der Waals surface area contributed by atoms with Gasteiger partial charge in [-0.2, -0.15) is 5.10 Å². The van der Waals surface area contributed by atoms with E-state index >= 15 is 0 Å². The van der Waals surface area contributed by atoms with Gasteiger partial charge in [0, 0.05) is 17.1 Å². The highest BCUT2D eigenvalue weighted by molar-refractivity contribution is 5.91. The van der Waals surface area contributed by atoms with Gasteiger partial charge in [-0.15, -0.1) is 0 Å². The van der Waals surface area contributed by atoms with Crippen LogP contribution in [0.15, 0.2) is 54.7 Å². The Hall–Kier alpha value is -3.67. The van der Waals surface area contributed by atoms with E-state index in [0.717, 1.165) is 39.2 Å². The van der Waals surface area contributed by atoms with Crippen LogP contribution in [0.25, 0.3) is 34.3 Å². The number of nitrogen functional groups attached to an aromatic ring is 1. The topological polar surface area (TPSA) is 89.7 Å². The summed E-state index contributed by atoms with van der Waals surface area (Å²) in [6.45, 7) is 0. The highest BCUT2D eigenvalue weighted by Crippen LogP contribution is 2.25. The zero-order valence-electron chi connectivity index (χ0n) is 14.2. The van der Waals surface area contributed by atoms with Crippen LogP contribution in [0.1, 0.15) is 11.3 Å². The maximum Gasteiger partial charge on any atom is 0.220 e. The Kier molecular flexibility index (Phi) is 4.07. The van der Waals surface area contributed by atoms with E-state index in [1.54, 1.807) is 13.3 Å². The molecule has 0 bridgehead atoms. The summed E-state index contributed by atoms with van der Waals surface area (Å²) in [6.07, 6.45) is 5.66. The van der Waals surface area contributed by atoms with Crippen LogP contribution in [0.5, 0.6) is 5.75 Å². The van der Waals surface area contributed by atoms with Gasteiger partial charge in [0.1, 0.15) is 5.75 Å². The minimum absolute atomic E-state index is 0.260. The van der Waals surface area contributed by atoms with Crippen molar-refractivity contribution >= 4 is 29.0 Å². The van der Waals surface area contributed by atoms with Crippen molar-refractivity contribution in [3.8, 4) is 17.0 Å². The number of nitrogens with two attached hydrogens (primary N) is 1. The Morgan fingerprint density at radius 1 is 1.04 bits per heavy atom. The molecular weight excluding hydrogens is 326 g/mol. The van der Waals surface area contributed by atoms with E-state index in [9.17, 15) is 0 Å². The molecule has 26 heavy (non-hydrogen) atoms. The molecule has 0 saturated carbocycles. The summed E-state index contributed by atoms with van der Waals surface area (Å²) in [4.78, 5) is 8.18. The number of anilines is 1. The molecule has 0 unspecified atom stereocenters. The van der Waals surface area contributed by atoms with E-state index in [1.807, 2.05) is 60.7 Å². The van der Waals surface area contributed by atoms with Crippen LogP contribution in [-0.4, -0.2) is 27.3 Å². The molecular formula is C20H17N5O. The minimum Gasteiger partial charge on any atom is -0.497 e. The third-order valence-electron chi connectivity index (χ3n) is 4.11. The summed E-state index contributed by atoms with van der Waals surface area (Å²) in [5.41, 5.74) is 10.3. The van der Waals surface area contributed by atoms with Crippen LogP contribution in [0.3, 0.4) is 0 Å². The van der Waals surface area contributed by atoms with Crippen LogP contribution in [0, 0.1) is 0 Å². The summed E-state index contributed by atoms with van der Waals surface area (Å²) >= 11 is 0. The Balaban J connectivity index is 1.63. The van der Waals surface area contributed by atoms with Crippen LogP contribution >= 0.6 is 0 Å². The first-order chi connectivity index (χ1) is 12.7. The Bertz CT molecular complexity index is 1080. The average molecular weight is 343 g/mol. The molecule has 128 valence electrons. The molecule has 6 heteroatoms. The molecule has 2 aromatic carbocycles. The fourth-order valence-corrected chi connectivity index (χ4v) is 2.75. The number of methoxy groups -OCH3 is 1. The first-order valence-electron chi connectivity index (χ1n) is 8.12. The lowest BCUT2D eigenvalue weighted by atomic mass is 10.1. The van der Waals surface area contributed by atoms with E-state index in [0.29, 0.717) is 0 Å². The zero-order chi connectivity index (χ0) is 17.9. The summed E-state index contributed by atoms with van der Waals surface area (Å²) < 4.78 is 5.17. The molecule has 2 heterocycles. The van der Waals surface area contributed by atoms with Crippen LogP contribution < -0.4 is 10.5 Å². The lowest BCUT2D eigenvalue weighted by Gasteiger charge is -2.01. The van der Waals surface area contributed by atoms with Crippen molar-refractivity contribution in [2.75, 3.05) is 12.8 Å². The summed E-state index contributed by atoms with van der Waals surface area (Å²) in [6, 6.07) is 15.7. The molecule has 4 rings (SSSR count). The number of ether oxygens (including phenoxy) is 1. The molecule has 0 aliphatic carbocycles. The first-order valence-corrected chi connectivity index (χ1v) is 8.12. The second-order valence-electron chi connectivity index (χ2n) is 5.78. The van der Waals surface area contributed by atoms with E-state index in [4.69, 9.17) is 10.5 Å². The third kappa shape index (κ3) is 3.12. The summed E-state index contributed by atoms with van der Waals surface area (Å²) in [5.74, 6) is 1.10. The number of aromatic amines is 1. The van der Waals surface area contributed by atoms with Crippen molar-refractivity contribution in [2.24, 2.45) is 0 Å². The van der Waals surface area contributed by atoms with Gasteiger partial charge in [-0.25, -0.2) is 9.97 Å². The molecule has 0 fully saturated rings. The maximum absolute atomic E-state index is 5.67. The van der Waals surface area contributed by atoms with Gasteiger partial charge in [-0.1, -0.05) is 24.3 Å². The number of hydrogen-bond donors (Lipinski definition) is 2. The van der Waals surface area contributed by atoms with Crippen LogP contribution in [0.2, 0.25) is 0 Å². The second kappa shape index (κ2) is 6.68. The number of rotatable bonds is 4. The predicted octanol–water partition coefficient (Wildman–Crippen LogP) is 3.78. The zero-order valence-corrected chi connectivity index (χ0v) is 14.2. The number of benzene rings is 2. The normalized spacial score (nSPS) is 11.3. The van der Waals surface area contributed by atoms with Crippen molar-refractivity contribution in [2.45, 2.75) is 0 Å². The lowest BCUT2D eigenvalue weighted by molar-refractivity contribution is 0.415. The van der Waals surface area contributed by atoms with Crippen molar-refractivity contribution < 1.29 is 4.74 Å². The van der Waals surface area contributed by atoms with Gasteiger partial charge < -0.3 is 10.5 Å². The SMILES string of the molecule is COc1ccc(C=Cc2n[nH]c3cc(-c4ccnc(N)n4)ccc23)cc1. The van der Waals surface area contributed by atoms with E-state index in [-0.39, 0.29) is 5.95 Å². The number of fused-ring (bicyclic) bond motifs is 1. The number of nitrogens with one attached hydrogen (secondary N) is 1. The largest absolute Gasteiger partial charge is 0.497 e. The van der Waals surface area contributed by atoms with E-state index in [2.05, 4.69) is 20.2 Å². The van der Waals surface area contributed by atoms with Crippen molar-refractivity contribution in [3.63, 3.8) is 0 Å². The Morgan fingerprint density at radius 3 is 2.65 bits per heavy atom. The van der Waals surface area contributed by atoms with Gasteiger partial charge in [0.15, 0.2) is 0 Å². The molecule has 2 aromatic heterocycles. The lowest BCUT2D eigenvalue weighted by Crippen LogP contribution is -1.94. The van der Waals surface area contributed by atoms with Gasteiger partial charge in [-0.3, -0.25) is 5.10 Å². The number of hydrogen-bond acceptors (Lipinski definition) is 5. The Morgan fingerprint density at radius 2 is 1.88 bits per heavy atom. The first kappa shape index (κ1) is 15.8. The summed E-state index contributed by atoms with van der Waals surface area (Å²) in [7, 11) is 1.66. The molecule has 0 atom stereocenters. The smallest absolute Gasteiger partial charge is 0.220 e. The minimum atomic E-state index is 0.260. The highest BCUT2D eigenvalue weighted by atomic mass is 16.5. The number of aromatic nitrogens is 4. The molecule has 0 amide bonds. The highest BCUT2D eigenvalue weighted by Gasteiger charge is 2.06. The Labute approximate surface area is 150 Å². The molecule has 4 aromatic rings. The molecule has 3 N–H and O–H groups in total. The molecule has 0 spiro atoms. The number of nitrogens with zero attached hydrogens (tertiary/aromatic N) is 3. The standard InChI is InChI=1S/C20H17N5O/c1-26-15-6-2-13(3-7-15)4-9-18-16-8-5-14(12-19(16)25-24-18)17-10-11-22-20(21)23-17/h2-12H,1H3,(H,24,25)(H2,21,22,23). The van der Waals surface area contributed by atoms with Gasteiger partial charge in [-0.05, 0) is 42.0 Å². The third-order valence-corrected chi connectivity index (χ3v) is 4.11. The fraction of sp³-hybridized carbons (Fsp3) is 0.0500. The fourth-order valence-electron chi connectivity index (χ4n) is 2.75. The molecule has 6 nitrogen and oxygen atoms in total. The van der Waals surface area contributed by atoms with Crippen LogP contribution in [0.4, 0.5) is 5.95 Å². The van der Waals surface area contributed by atoms with Gasteiger partial charge in [0.2, 0.25) is 5.95 Å². The molecule has 0 radical (unpaired) electrons. The quantitative estimate of drug-likeness (QED) is 0.588. The molecule has 0 aliphatic heterocycles. The van der Waals surface area contributed by atoms with Gasteiger partial charge in [0.05, 0.1) is 24.0 Å². The maximum atomic E-state index is 5.67. The molecule has 0 saturated heterocycles. The monoisotopic (exact) mass is 343 g/mol. The van der Waals surface area contributed by atoms with Crippen LogP contribution in [-0.2, 0) is 0 Å². The average Bonchev–Trinajstić information content (AvgIpc) is 3.09. The van der Waals surface area contributed by atoms with E-state index in [1.165, 1.54) is 0 Å². The summed E-state index contributed by atoms with van der Waals surface area (Å²) in [5, 5.41) is 8.52. The molecule has 0 aliphatic rings. The van der Waals surface area contributed by atoms with Gasteiger partial charge in [0.25, 0.3) is 0 Å².